The molecular weight excluding hydrogens is 270 g/mol. The molecule has 116 valence electrons. The highest BCUT2D eigenvalue weighted by molar-refractivity contribution is 5.81. The molecule has 1 atom stereocenters. The Kier molecular flexibility index (Phi) is 5.41. The van der Waals surface area contributed by atoms with Crippen molar-refractivity contribution >= 4 is 5.91 Å². The number of nitrogens with zero attached hydrogens (tertiary/aromatic N) is 1. The fraction of sp³-hybridized carbons (Fsp3) is 0.533. The van der Waals surface area contributed by atoms with E-state index >= 15 is 0 Å². The molecule has 1 amide bonds. The van der Waals surface area contributed by atoms with Crippen molar-refractivity contribution in [1.29, 1.82) is 0 Å². The lowest BCUT2D eigenvalue weighted by molar-refractivity contribution is -0.123. The van der Waals surface area contributed by atoms with Crippen LogP contribution in [-0.4, -0.2) is 48.7 Å². The Bertz CT molecular complexity index is 485. The van der Waals surface area contributed by atoms with Crippen molar-refractivity contribution in [2.75, 3.05) is 32.8 Å². The monoisotopic (exact) mass is 293 g/mol. The van der Waals surface area contributed by atoms with Gasteiger partial charge in [-0.05, 0) is 37.6 Å². The van der Waals surface area contributed by atoms with Crippen LogP contribution in [0.4, 0.5) is 0 Å². The molecule has 4 N–H and O–H groups in total. The molecule has 21 heavy (non-hydrogen) atoms. The maximum atomic E-state index is 11.9. The minimum atomic E-state index is -0.496. The Labute approximate surface area is 124 Å². The smallest absolute Gasteiger partial charge is 0.239 e. The van der Waals surface area contributed by atoms with Gasteiger partial charge in [-0.2, -0.15) is 0 Å². The summed E-state index contributed by atoms with van der Waals surface area (Å²) in [5, 5.41) is 13.1. The van der Waals surface area contributed by atoms with E-state index in [0.29, 0.717) is 12.4 Å². The number of primary amides is 1. The molecule has 0 spiro atoms. The summed E-state index contributed by atoms with van der Waals surface area (Å²) in [6, 6.07) is 4.48. The van der Waals surface area contributed by atoms with Crippen molar-refractivity contribution in [2.45, 2.75) is 19.4 Å². The lowest BCUT2D eigenvalue weighted by Gasteiger charge is -2.28. The van der Waals surface area contributed by atoms with Gasteiger partial charge in [0, 0.05) is 19.6 Å². The van der Waals surface area contributed by atoms with Crippen LogP contribution in [0.3, 0.4) is 0 Å². The van der Waals surface area contributed by atoms with Gasteiger partial charge in [-0.25, -0.2) is 0 Å². The largest absolute Gasteiger partial charge is 0.504 e. The van der Waals surface area contributed by atoms with Crippen molar-refractivity contribution in [3.8, 4) is 11.5 Å². The van der Waals surface area contributed by atoms with Crippen molar-refractivity contribution in [3.63, 3.8) is 0 Å². The molecule has 0 radical (unpaired) electrons. The summed E-state index contributed by atoms with van der Waals surface area (Å²) >= 11 is 0. The molecule has 2 rings (SSSR count). The van der Waals surface area contributed by atoms with E-state index in [1.54, 1.807) is 18.2 Å². The van der Waals surface area contributed by atoms with Crippen LogP contribution in [-0.2, 0) is 4.79 Å². The number of aromatic hydroxyl groups is 1. The van der Waals surface area contributed by atoms with Gasteiger partial charge < -0.3 is 20.9 Å². The number of phenolic OH excluding ortho intramolecular Hbond substituents is 1. The second-order valence-corrected chi connectivity index (χ2v) is 5.10. The number of carbonyl (C=O) groups excluding carboxylic acids is 1. The van der Waals surface area contributed by atoms with Gasteiger partial charge in [0.05, 0.1) is 6.61 Å². The molecule has 1 aliphatic heterocycles. The summed E-state index contributed by atoms with van der Waals surface area (Å²) in [4.78, 5) is 14.0. The van der Waals surface area contributed by atoms with Crippen molar-refractivity contribution in [1.82, 2.24) is 10.2 Å². The molecule has 1 aromatic carbocycles. The first-order chi connectivity index (χ1) is 10.1. The topological polar surface area (TPSA) is 87.8 Å². The number of hydrogen-bond donors (Lipinski definition) is 3. The Hall–Kier alpha value is -1.79. The summed E-state index contributed by atoms with van der Waals surface area (Å²) in [6.07, 6.45) is 0.972. The maximum Gasteiger partial charge on any atom is 0.239 e. The van der Waals surface area contributed by atoms with E-state index in [2.05, 4.69) is 10.2 Å². The van der Waals surface area contributed by atoms with Crippen molar-refractivity contribution in [2.24, 2.45) is 5.73 Å². The van der Waals surface area contributed by atoms with Gasteiger partial charge in [0.25, 0.3) is 0 Å². The number of ether oxygens (including phenoxy) is 1. The molecule has 0 bridgehead atoms. The van der Waals surface area contributed by atoms with Crippen LogP contribution in [0.2, 0.25) is 0 Å². The average Bonchev–Trinajstić information content (AvgIpc) is 2.71. The summed E-state index contributed by atoms with van der Waals surface area (Å²) in [5.74, 6) is 0.0700. The van der Waals surface area contributed by atoms with E-state index in [4.69, 9.17) is 10.5 Å². The number of benzene rings is 1. The molecule has 1 fully saturated rings. The van der Waals surface area contributed by atoms with E-state index in [0.717, 1.165) is 38.2 Å². The first kappa shape index (κ1) is 15.6. The fourth-order valence-electron chi connectivity index (χ4n) is 2.65. The number of carbonyl (C=O) groups is 1. The Morgan fingerprint density at radius 1 is 1.48 bits per heavy atom. The molecule has 0 saturated carbocycles. The van der Waals surface area contributed by atoms with Gasteiger partial charge in [-0.1, -0.05) is 6.07 Å². The normalized spacial score (nSPS) is 18.0. The van der Waals surface area contributed by atoms with E-state index in [1.165, 1.54) is 0 Å². The number of amides is 1. The van der Waals surface area contributed by atoms with Gasteiger partial charge >= 0.3 is 0 Å². The van der Waals surface area contributed by atoms with Gasteiger partial charge in [0.2, 0.25) is 5.91 Å². The molecule has 1 saturated heterocycles. The zero-order chi connectivity index (χ0) is 15.2. The second-order valence-electron chi connectivity index (χ2n) is 5.10. The van der Waals surface area contributed by atoms with Crippen LogP contribution < -0.4 is 15.8 Å². The van der Waals surface area contributed by atoms with Gasteiger partial charge in [0.1, 0.15) is 6.04 Å². The number of rotatable bonds is 5. The predicted octanol–water partition coefficient (Wildman–Crippen LogP) is 0.613. The summed E-state index contributed by atoms with van der Waals surface area (Å²) in [7, 11) is 0. The van der Waals surface area contributed by atoms with Crippen molar-refractivity contribution < 1.29 is 14.6 Å². The van der Waals surface area contributed by atoms with Crippen LogP contribution >= 0.6 is 0 Å². The predicted molar refractivity (Wildman–Crippen MR) is 80.3 cm³/mol. The van der Waals surface area contributed by atoms with E-state index in [-0.39, 0.29) is 11.7 Å². The van der Waals surface area contributed by atoms with Crippen LogP contribution in [0.1, 0.15) is 24.9 Å². The average molecular weight is 293 g/mol. The molecule has 1 heterocycles. The lowest BCUT2D eigenvalue weighted by Crippen LogP contribution is -2.39. The van der Waals surface area contributed by atoms with Crippen LogP contribution in [0, 0.1) is 0 Å². The molecule has 0 aromatic heterocycles. The summed E-state index contributed by atoms with van der Waals surface area (Å²) < 4.78 is 5.39. The van der Waals surface area contributed by atoms with Gasteiger partial charge in [-0.3, -0.25) is 9.69 Å². The molecule has 1 aromatic rings. The Morgan fingerprint density at radius 2 is 2.29 bits per heavy atom. The molecule has 1 unspecified atom stereocenters. The highest BCUT2D eigenvalue weighted by Crippen LogP contribution is 2.31. The fourth-order valence-corrected chi connectivity index (χ4v) is 2.65. The van der Waals surface area contributed by atoms with Gasteiger partial charge in [0.15, 0.2) is 11.5 Å². The Balaban J connectivity index is 2.28. The lowest BCUT2D eigenvalue weighted by atomic mass is 10.0. The third-order valence-corrected chi connectivity index (χ3v) is 3.61. The molecule has 0 aliphatic carbocycles. The SMILES string of the molecule is CCOc1cc(C(C(N)=O)N2CCCNCC2)ccc1O. The first-order valence-electron chi connectivity index (χ1n) is 7.33. The standard InChI is InChI=1S/C15H23N3O3/c1-2-21-13-10-11(4-5-12(13)19)14(15(16)20)18-8-3-6-17-7-9-18/h4-5,10,14,17,19H,2-3,6-9H2,1H3,(H2,16,20). The van der Waals surface area contributed by atoms with E-state index in [9.17, 15) is 9.90 Å². The van der Waals surface area contributed by atoms with Crippen LogP contribution in [0.15, 0.2) is 18.2 Å². The van der Waals surface area contributed by atoms with E-state index in [1.807, 2.05) is 6.92 Å². The van der Waals surface area contributed by atoms with Crippen LogP contribution in [0.25, 0.3) is 0 Å². The third-order valence-electron chi connectivity index (χ3n) is 3.61. The van der Waals surface area contributed by atoms with E-state index < -0.39 is 6.04 Å². The molecular formula is C15H23N3O3. The molecule has 6 nitrogen and oxygen atoms in total. The minimum absolute atomic E-state index is 0.0707. The summed E-state index contributed by atoms with van der Waals surface area (Å²) in [6.45, 7) is 5.65. The molecule has 6 heteroatoms. The number of nitrogens with one attached hydrogen (secondary N) is 1. The van der Waals surface area contributed by atoms with Crippen LogP contribution in [0.5, 0.6) is 11.5 Å². The molecule has 1 aliphatic rings. The highest BCUT2D eigenvalue weighted by Gasteiger charge is 2.27. The van der Waals surface area contributed by atoms with Crippen molar-refractivity contribution in [3.05, 3.63) is 23.8 Å². The first-order valence-corrected chi connectivity index (χ1v) is 7.33. The summed E-state index contributed by atoms with van der Waals surface area (Å²) in [5.41, 5.74) is 6.36. The highest BCUT2D eigenvalue weighted by atomic mass is 16.5. The third kappa shape index (κ3) is 3.86. The number of nitrogens with two attached hydrogens (primary N) is 1. The number of phenols is 1. The number of hydrogen-bond acceptors (Lipinski definition) is 5. The Morgan fingerprint density at radius 3 is 3.00 bits per heavy atom. The quantitative estimate of drug-likeness (QED) is 0.740. The maximum absolute atomic E-state index is 11.9. The second kappa shape index (κ2) is 7.28. The minimum Gasteiger partial charge on any atom is -0.504 e. The van der Waals surface area contributed by atoms with Gasteiger partial charge in [-0.15, -0.1) is 0 Å². The zero-order valence-corrected chi connectivity index (χ0v) is 12.3. The zero-order valence-electron chi connectivity index (χ0n) is 12.3.